The minimum Gasteiger partial charge on any atom is -0.396 e. The van der Waals surface area contributed by atoms with E-state index in [0.29, 0.717) is 0 Å². The molecule has 0 aliphatic rings. The molecule has 0 spiro atoms. The maximum Gasteiger partial charge on any atom is 0.251 e. The first-order valence-corrected chi connectivity index (χ1v) is 2.48. The van der Waals surface area contributed by atoms with Gasteiger partial charge < -0.3 is 11.5 Å². The number of anilines is 2. The van der Waals surface area contributed by atoms with Crippen molar-refractivity contribution in [2.45, 2.75) is 0 Å². The second-order valence-electron chi connectivity index (χ2n) is 1.74. The predicted molar refractivity (Wildman–Crippen MR) is 33.0 cm³/mol. The van der Waals surface area contributed by atoms with Crippen molar-refractivity contribution in [2.24, 2.45) is 0 Å². The summed E-state index contributed by atoms with van der Waals surface area (Å²) in [5.74, 6) is -2.52. The molecule has 1 aromatic heterocycles. The molecule has 0 fully saturated rings. The fraction of sp³-hybridized carbons (Fsp3) is 0. The summed E-state index contributed by atoms with van der Waals surface area (Å²) in [7, 11) is 0. The summed E-state index contributed by atoms with van der Waals surface area (Å²) >= 11 is 0. The number of pyridine rings is 1. The van der Waals surface area contributed by atoms with E-state index >= 15 is 0 Å². The molecule has 10 heavy (non-hydrogen) atoms. The van der Waals surface area contributed by atoms with Gasteiger partial charge in [0.2, 0.25) is 0 Å². The number of nitrogens with zero attached hydrogens (tertiary/aromatic N) is 1. The summed E-state index contributed by atoms with van der Waals surface area (Å²) in [6.07, 6.45) is 0. The molecule has 0 saturated carbocycles. The van der Waals surface area contributed by atoms with E-state index in [2.05, 4.69) is 4.98 Å². The number of aromatic nitrogens is 1. The molecule has 4 N–H and O–H groups in total. The minimum atomic E-state index is -1.23. The second-order valence-corrected chi connectivity index (χ2v) is 1.74. The Morgan fingerprint density at radius 1 is 1.30 bits per heavy atom. The summed E-state index contributed by atoms with van der Waals surface area (Å²) in [5, 5.41) is 0. The van der Waals surface area contributed by atoms with Crippen LogP contribution >= 0.6 is 0 Å². The van der Waals surface area contributed by atoms with E-state index in [9.17, 15) is 8.78 Å². The highest BCUT2D eigenvalue weighted by Gasteiger charge is 2.05. The number of hydrogen-bond donors (Lipinski definition) is 2. The van der Waals surface area contributed by atoms with Crippen molar-refractivity contribution >= 4 is 11.5 Å². The fourth-order valence-corrected chi connectivity index (χ4v) is 0.494. The van der Waals surface area contributed by atoms with Gasteiger partial charge in [-0.2, -0.15) is 9.37 Å². The van der Waals surface area contributed by atoms with Gasteiger partial charge >= 0.3 is 0 Å². The molecule has 0 amide bonds. The molecule has 0 aliphatic carbocycles. The molecular formula is C5H5F2N3. The summed E-state index contributed by atoms with van der Waals surface area (Å²) in [6.45, 7) is 0. The Balaban J connectivity index is 3.28. The quantitative estimate of drug-likeness (QED) is 0.523. The third-order valence-corrected chi connectivity index (χ3v) is 0.994. The Bertz CT molecular complexity index is 211. The lowest BCUT2D eigenvalue weighted by molar-refractivity contribution is 0.481. The predicted octanol–water partition coefficient (Wildman–Crippen LogP) is 0.524. The van der Waals surface area contributed by atoms with E-state index in [0.717, 1.165) is 6.07 Å². The molecule has 1 rings (SSSR count). The largest absolute Gasteiger partial charge is 0.396 e. The molecule has 0 saturated heterocycles. The van der Waals surface area contributed by atoms with Crippen LogP contribution < -0.4 is 11.5 Å². The Kier molecular flexibility index (Phi) is 1.41. The van der Waals surface area contributed by atoms with Crippen LogP contribution in [0, 0.1) is 11.8 Å². The highest BCUT2D eigenvalue weighted by molar-refractivity contribution is 5.57. The third kappa shape index (κ3) is 0.975. The van der Waals surface area contributed by atoms with Crippen LogP contribution in [0.5, 0.6) is 0 Å². The number of rotatable bonds is 0. The van der Waals surface area contributed by atoms with Crippen molar-refractivity contribution in [3.63, 3.8) is 0 Å². The van der Waals surface area contributed by atoms with E-state index < -0.39 is 11.8 Å². The Morgan fingerprint density at radius 3 is 2.40 bits per heavy atom. The van der Waals surface area contributed by atoms with Crippen molar-refractivity contribution in [1.29, 1.82) is 0 Å². The van der Waals surface area contributed by atoms with Gasteiger partial charge in [-0.1, -0.05) is 0 Å². The molecule has 1 aromatic rings. The van der Waals surface area contributed by atoms with Crippen LogP contribution in [0.15, 0.2) is 6.07 Å². The SMILES string of the molecule is Nc1cc(F)c(F)nc1N. The van der Waals surface area contributed by atoms with Crippen molar-refractivity contribution in [3.05, 3.63) is 17.8 Å². The first-order valence-electron chi connectivity index (χ1n) is 2.48. The van der Waals surface area contributed by atoms with Crippen molar-refractivity contribution in [1.82, 2.24) is 4.98 Å². The van der Waals surface area contributed by atoms with E-state index in [4.69, 9.17) is 11.5 Å². The molecule has 0 radical (unpaired) electrons. The zero-order chi connectivity index (χ0) is 7.72. The Hall–Kier alpha value is -1.39. The lowest BCUT2D eigenvalue weighted by Crippen LogP contribution is -2.01. The van der Waals surface area contributed by atoms with Crippen LogP contribution in [0.3, 0.4) is 0 Å². The van der Waals surface area contributed by atoms with Crippen LogP contribution in [0.1, 0.15) is 0 Å². The van der Waals surface area contributed by atoms with Crippen LogP contribution in [0.25, 0.3) is 0 Å². The van der Waals surface area contributed by atoms with Crippen LogP contribution in [-0.4, -0.2) is 4.98 Å². The maximum absolute atomic E-state index is 12.2. The molecule has 0 aliphatic heterocycles. The third-order valence-electron chi connectivity index (χ3n) is 0.994. The molecule has 54 valence electrons. The van der Waals surface area contributed by atoms with Crippen molar-refractivity contribution in [2.75, 3.05) is 11.5 Å². The highest BCUT2D eigenvalue weighted by atomic mass is 19.2. The molecule has 0 bridgehead atoms. The standard InChI is InChI=1S/C5H5F2N3/c6-2-1-3(8)5(9)10-4(2)7/h1H,8H2,(H2,9,10). The Labute approximate surface area is 55.7 Å². The molecule has 3 nitrogen and oxygen atoms in total. The maximum atomic E-state index is 12.2. The van der Waals surface area contributed by atoms with Gasteiger partial charge in [0.25, 0.3) is 5.95 Å². The molecule has 0 atom stereocenters. The second kappa shape index (κ2) is 2.09. The lowest BCUT2D eigenvalue weighted by Gasteiger charge is -1.97. The van der Waals surface area contributed by atoms with Gasteiger partial charge in [0.1, 0.15) is 5.82 Å². The summed E-state index contributed by atoms with van der Waals surface area (Å²) in [4.78, 5) is 2.98. The topological polar surface area (TPSA) is 64.9 Å². The summed E-state index contributed by atoms with van der Waals surface area (Å²) < 4.78 is 24.3. The average molecular weight is 145 g/mol. The van der Waals surface area contributed by atoms with Crippen LogP contribution in [0.4, 0.5) is 20.3 Å². The summed E-state index contributed by atoms with van der Waals surface area (Å²) in [6, 6.07) is 0.789. The monoisotopic (exact) mass is 145 g/mol. The van der Waals surface area contributed by atoms with Gasteiger partial charge in [-0.15, -0.1) is 0 Å². The van der Waals surface area contributed by atoms with E-state index in [1.54, 1.807) is 0 Å². The molecule has 0 aromatic carbocycles. The highest BCUT2D eigenvalue weighted by Crippen LogP contribution is 2.13. The van der Waals surface area contributed by atoms with Crippen LogP contribution in [-0.2, 0) is 0 Å². The molecule has 1 heterocycles. The van der Waals surface area contributed by atoms with Gasteiger partial charge in [0.15, 0.2) is 5.82 Å². The van der Waals surface area contributed by atoms with Crippen LogP contribution in [0.2, 0.25) is 0 Å². The average Bonchev–Trinajstić information content (AvgIpc) is 1.84. The van der Waals surface area contributed by atoms with Gasteiger partial charge in [-0.05, 0) is 0 Å². The number of nitrogens with two attached hydrogens (primary N) is 2. The first-order chi connectivity index (χ1) is 4.61. The van der Waals surface area contributed by atoms with Gasteiger partial charge in [-0.25, -0.2) is 4.39 Å². The summed E-state index contributed by atoms with van der Waals surface area (Å²) in [5.41, 5.74) is 10.1. The molecule has 0 unspecified atom stereocenters. The number of nitrogen functional groups attached to an aromatic ring is 2. The number of hydrogen-bond acceptors (Lipinski definition) is 3. The van der Waals surface area contributed by atoms with E-state index in [1.165, 1.54) is 0 Å². The van der Waals surface area contributed by atoms with Crippen molar-refractivity contribution in [3.8, 4) is 0 Å². The Morgan fingerprint density at radius 2 is 1.90 bits per heavy atom. The van der Waals surface area contributed by atoms with E-state index in [-0.39, 0.29) is 11.5 Å². The molecular weight excluding hydrogens is 140 g/mol. The zero-order valence-corrected chi connectivity index (χ0v) is 4.94. The fourth-order valence-electron chi connectivity index (χ4n) is 0.494. The smallest absolute Gasteiger partial charge is 0.251 e. The van der Waals surface area contributed by atoms with E-state index in [1.807, 2.05) is 0 Å². The molecule has 5 heteroatoms. The van der Waals surface area contributed by atoms with Gasteiger partial charge in [0, 0.05) is 6.07 Å². The lowest BCUT2D eigenvalue weighted by atomic mass is 10.4. The van der Waals surface area contributed by atoms with Gasteiger partial charge in [-0.3, -0.25) is 0 Å². The first kappa shape index (κ1) is 6.73. The minimum absolute atomic E-state index is 0.0566. The van der Waals surface area contributed by atoms with Crippen molar-refractivity contribution < 1.29 is 8.78 Å². The van der Waals surface area contributed by atoms with Gasteiger partial charge in [0.05, 0.1) is 5.69 Å². The number of halogens is 2. The zero-order valence-electron chi connectivity index (χ0n) is 4.94. The normalized spacial score (nSPS) is 9.80.